The zero-order valence-electron chi connectivity index (χ0n) is 11.0. The van der Waals surface area contributed by atoms with Gasteiger partial charge in [0.25, 0.3) is 0 Å². The van der Waals surface area contributed by atoms with Crippen LogP contribution in [0.25, 0.3) is 11.2 Å². The van der Waals surface area contributed by atoms with Crippen molar-refractivity contribution in [3.63, 3.8) is 0 Å². The number of fused-ring (bicyclic) bond motifs is 1. The summed E-state index contributed by atoms with van der Waals surface area (Å²) in [5, 5.41) is 30.0. The van der Waals surface area contributed by atoms with Crippen molar-refractivity contribution in [1.82, 2.24) is 19.9 Å². The second-order valence-electron chi connectivity index (χ2n) is 4.70. The Balaban J connectivity index is 1.87. The summed E-state index contributed by atoms with van der Waals surface area (Å²) in [6.07, 6.45) is -3.28. The second kappa shape index (κ2) is 5.78. The van der Waals surface area contributed by atoms with E-state index in [-0.39, 0.29) is 0 Å². The molecule has 0 spiro atoms. The molecule has 0 radical (unpaired) electrons. The zero-order chi connectivity index (χ0) is 15.9. The van der Waals surface area contributed by atoms with Crippen molar-refractivity contribution < 1.29 is 24.9 Å². The van der Waals surface area contributed by atoms with E-state index in [4.69, 9.17) is 10.5 Å². The molecule has 118 valence electrons. The van der Waals surface area contributed by atoms with Crippen LogP contribution in [0.1, 0.15) is 0 Å². The number of imidazole rings is 1. The summed E-state index contributed by atoms with van der Waals surface area (Å²) in [6, 6.07) is 0. The number of aromatic amines is 1. The summed E-state index contributed by atoms with van der Waals surface area (Å²) in [4.78, 5) is 26.1. The van der Waals surface area contributed by atoms with Crippen LogP contribution < -0.4 is 5.73 Å². The predicted molar refractivity (Wildman–Crippen MR) is 73.4 cm³/mol. The number of carbonyl (C=O) groups is 1. The van der Waals surface area contributed by atoms with Gasteiger partial charge in [-0.05, 0) is 0 Å². The zero-order valence-corrected chi connectivity index (χ0v) is 11.8. The highest BCUT2D eigenvalue weighted by molar-refractivity contribution is 8.00. The Hall–Kier alpha value is -1.79. The van der Waals surface area contributed by atoms with E-state index in [1.54, 1.807) is 0 Å². The Bertz CT molecular complexity index is 696. The van der Waals surface area contributed by atoms with Gasteiger partial charge in [-0.1, -0.05) is 11.8 Å². The number of primary amides is 1. The van der Waals surface area contributed by atoms with Gasteiger partial charge in [-0.25, -0.2) is 15.0 Å². The van der Waals surface area contributed by atoms with Gasteiger partial charge in [0.05, 0.1) is 6.33 Å². The van der Waals surface area contributed by atoms with E-state index in [1.165, 1.54) is 12.7 Å². The van der Waals surface area contributed by atoms with E-state index in [0.29, 0.717) is 16.2 Å². The number of nitrogens with one attached hydrogen (secondary N) is 1. The SMILES string of the molecule is NC(=O)[C@H]1O[C@@H](Sc2ncnc3nc[nH]c23)[C@H](O)[C@@H](O)[C@@H]1O. The van der Waals surface area contributed by atoms with Crippen LogP contribution in [-0.2, 0) is 9.53 Å². The Morgan fingerprint density at radius 3 is 2.73 bits per heavy atom. The summed E-state index contributed by atoms with van der Waals surface area (Å²) in [5.41, 5.74) is 5.04. The Kier molecular flexibility index (Phi) is 3.97. The molecule has 11 heteroatoms. The molecular formula is C11H13N5O5S. The lowest BCUT2D eigenvalue weighted by Gasteiger charge is -2.38. The third kappa shape index (κ3) is 2.53. The molecule has 1 aliphatic rings. The van der Waals surface area contributed by atoms with Crippen LogP contribution in [0.4, 0.5) is 0 Å². The quantitative estimate of drug-likeness (QED) is 0.391. The van der Waals surface area contributed by atoms with Crippen molar-refractivity contribution in [2.75, 3.05) is 0 Å². The van der Waals surface area contributed by atoms with E-state index in [9.17, 15) is 20.1 Å². The number of aliphatic hydroxyl groups is 3. The molecule has 1 amide bonds. The number of nitrogens with zero attached hydrogens (tertiary/aromatic N) is 3. The highest BCUT2D eigenvalue weighted by Gasteiger charge is 2.46. The van der Waals surface area contributed by atoms with Gasteiger partial charge in [-0.3, -0.25) is 4.79 Å². The summed E-state index contributed by atoms with van der Waals surface area (Å²) in [5.74, 6) is -0.932. The molecule has 0 aliphatic carbocycles. The third-order valence-electron chi connectivity index (χ3n) is 3.27. The molecule has 6 N–H and O–H groups in total. The van der Waals surface area contributed by atoms with Gasteiger partial charge < -0.3 is 30.8 Å². The molecule has 0 saturated carbocycles. The van der Waals surface area contributed by atoms with E-state index in [1.807, 2.05) is 0 Å². The number of ether oxygens (including phenoxy) is 1. The molecule has 3 rings (SSSR count). The topological polar surface area (TPSA) is 167 Å². The lowest BCUT2D eigenvalue weighted by atomic mass is 10.00. The number of aromatic nitrogens is 4. The lowest BCUT2D eigenvalue weighted by molar-refractivity contribution is -0.198. The van der Waals surface area contributed by atoms with Gasteiger partial charge >= 0.3 is 0 Å². The maximum absolute atomic E-state index is 11.3. The average molecular weight is 327 g/mol. The molecule has 3 heterocycles. The van der Waals surface area contributed by atoms with Crippen LogP contribution in [-0.4, -0.2) is 71.0 Å². The minimum absolute atomic E-state index is 0.415. The first-order valence-electron chi connectivity index (χ1n) is 6.28. The van der Waals surface area contributed by atoms with Crippen molar-refractivity contribution in [2.24, 2.45) is 5.73 Å². The molecule has 1 saturated heterocycles. The molecule has 0 bridgehead atoms. The Morgan fingerprint density at radius 2 is 2.00 bits per heavy atom. The first-order chi connectivity index (χ1) is 10.5. The number of aliphatic hydroxyl groups excluding tert-OH is 3. The Labute approximate surface area is 127 Å². The van der Waals surface area contributed by atoms with Crippen molar-refractivity contribution in [3.05, 3.63) is 12.7 Å². The molecule has 1 fully saturated rings. The van der Waals surface area contributed by atoms with Crippen LogP contribution in [0, 0.1) is 0 Å². The summed E-state index contributed by atoms with van der Waals surface area (Å²) in [7, 11) is 0. The van der Waals surface area contributed by atoms with Crippen LogP contribution in [0.2, 0.25) is 0 Å². The van der Waals surface area contributed by atoms with Gasteiger partial charge in [0.2, 0.25) is 5.91 Å². The molecule has 0 aromatic carbocycles. The van der Waals surface area contributed by atoms with E-state index >= 15 is 0 Å². The smallest absolute Gasteiger partial charge is 0.249 e. The van der Waals surface area contributed by atoms with Gasteiger partial charge in [0.15, 0.2) is 11.8 Å². The van der Waals surface area contributed by atoms with Crippen LogP contribution in [0.5, 0.6) is 0 Å². The van der Waals surface area contributed by atoms with Gasteiger partial charge in [0.1, 0.15) is 40.6 Å². The maximum Gasteiger partial charge on any atom is 0.249 e. The van der Waals surface area contributed by atoms with E-state index in [2.05, 4.69) is 19.9 Å². The largest absolute Gasteiger partial charge is 0.387 e. The number of hydrogen-bond donors (Lipinski definition) is 5. The monoisotopic (exact) mass is 327 g/mol. The number of rotatable bonds is 3. The summed E-state index contributed by atoms with van der Waals surface area (Å²) < 4.78 is 5.31. The van der Waals surface area contributed by atoms with Crippen molar-refractivity contribution >= 4 is 28.8 Å². The highest BCUT2D eigenvalue weighted by Crippen LogP contribution is 2.34. The molecule has 10 nitrogen and oxygen atoms in total. The lowest BCUT2D eigenvalue weighted by Crippen LogP contribution is -2.60. The van der Waals surface area contributed by atoms with Gasteiger partial charge in [0, 0.05) is 0 Å². The molecule has 5 atom stereocenters. The van der Waals surface area contributed by atoms with Gasteiger partial charge in [-0.15, -0.1) is 0 Å². The van der Waals surface area contributed by atoms with Crippen LogP contribution in [0.15, 0.2) is 17.7 Å². The number of amides is 1. The number of nitrogens with two attached hydrogens (primary N) is 1. The van der Waals surface area contributed by atoms with Gasteiger partial charge in [-0.2, -0.15) is 0 Å². The molecule has 2 aromatic rings. The number of thioether (sulfide) groups is 1. The molecule has 0 unspecified atom stereocenters. The molecular weight excluding hydrogens is 314 g/mol. The standard InChI is InChI=1S/C11H13N5O5S/c12-8(20)7-5(18)4(17)6(19)11(21-7)22-10-3-9(14-1-13-3)15-2-16-10/h1-2,4-7,11,17-19H,(H2,12,20)(H,13,14,15,16)/t4-,5-,6+,7-,11-/m0/s1. The van der Waals surface area contributed by atoms with Crippen LogP contribution >= 0.6 is 11.8 Å². The van der Waals surface area contributed by atoms with Crippen molar-refractivity contribution in [2.45, 2.75) is 34.9 Å². The fourth-order valence-electron chi connectivity index (χ4n) is 2.12. The summed E-state index contributed by atoms with van der Waals surface area (Å²) in [6.45, 7) is 0. The first-order valence-corrected chi connectivity index (χ1v) is 7.16. The predicted octanol–water partition coefficient (Wildman–Crippen LogP) is -2.26. The highest BCUT2D eigenvalue weighted by atomic mass is 32.2. The normalized spacial score (nSPS) is 32.2. The number of hydrogen-bond acceptors (Lipinski definition) is 9. The molecule has 22 heavy (non-hydrogen) atoms. The average Bonchev–Trinajstić information content (AvgIpc) is 2.97. The summed E-state index contributed by atoms with van der Waals surface area (Å²) >= 11 is 0.960. The van der Waals surface area contributed by atoms with E-state index < -0.39 is 35.8 Å². The number of carbonyl (C=O) groups excluding carboxylic acids is 1. The minimum Gasteiger partial charge on any atom is -0.387 e. The number of H-pyrrole nitrogens is 1. The van der Waals surface area contributed by atoms with Crippen molar-refractivity contribution in [3.8, 4) is 0 Å². The maximum atomic E-state index is 11.3. The third-order valence-corrected chi connectivity index (χ3v) is 4.42. The Morgan fingerprint density at radius 1 is 1.23 bits per heavy atom. The van der Waals surface area contributed by atoms with Crippen molar-refractivity contribution in [1.29, 1.82) is 0 Å². The second-order valence-corrected chi connectivity index (χ2v) is 5.78. The van der Waals surface area contributed by atoms with E-state index in [0.717, 1.165) is 11.8 Å². The fraction of sp³-hybridized carbons (Fsp3) is 0.455. The first kappa shape index (κ1) is 15.1. The molecule has 1 aliphatic heterocycles. The van der Waals surface area contributed by atoms with Crippen LogP contribution in [0.3, 0.4) is 0 Å². The molecule has 2 aromatic heterocycles. The fourth-order valence-corrected chi connectivity index (χ4v) is 3.19. The minimum atomic E-state index is -1.60.